The first-order valence-electron chi connectivity index (χ1n) is 5.77. The quantitative estimate of drug-likeness (QED) is 0.589. The minimum atomic E-state index is -0.523. The molecule has 7 nitrogen and oxygen atoms in total. The summed E-state index contributed by atoms with van der Waals surface area (Å²) in [6, 6.07) is 14.2. The van der Waals surface area contributed by atoms with Crippen LogP contribution in [-0.4, -0.2) is 11.0 Å². The Morgan fingerprint density at radius 2 is 1.70 bits per heavy atom. The Morgan fingerprint density at radius 3 is 2.40 bits per heavy atom. The van der Waals surface area contributed by atoms with Crippen LogP contribution in [0, 0.1) is 10.1 Å². The molecule has 0 spiro atoms. The maximum absolute atomic E-state index is 11.6. The van der Waals surface area contributed by atoms with Gasteiger partial charge in [-0.15, -0.1) is 0 Å². The maximum atomic E-state index is 11.6. The molecule has 0 saturated carbocycles. The Hall–Kier alpha value is -3.09. The van der Waals surface area contributed by atoms with Gasteiger partial charge in [0.2, 0.25) is 0 Å². The van der Waals surface area contributed by atoms with Crippen LogP contribution in [0.1, 0.15) is 0 Å². The third-order valence-corrected chi connectivity index (χ3v) is 2.41. The fourth-order valence-electron chi connectivity index (χ4n) is 1.51. The van der Waals surface area contributed by atoms with Gasteiger partial charge in [-0.2, -0.15) is 0 Å². The number of hydrogen-bond donors (Lipinski definition) is 3. The number of hydrogen-bond acceptors (Lipinski definition) is 4. The normalized spacial score (nSPS) is 9.60. The molecule has 0 aliphatic carbocycles. The van der Waals surface area contributed by atoms with E-state index in [0.717, 1.165) is 5.69 Å². The summed E-state index contributed by atoms with van der Waals surface area (Å²) in [5, 5.41) is 13.1. The second-order valence-electron chi connectivity index (χ2n) is 3.88. The summed E-state index contributed by atoms with van der Waals surface area (Å²) in [5.41, 5.74) is 6.11. The zero-order valence-corrected chi connectivity index (χ0v) is 10.4. The Labute approximate surface area is 114 Å². The Bertz CT molecular complexity index is 616. The SMILES string of the molecule is O=C(NNc1ccccc1)Nc1cccc([N+](=O)[O-])c1. The first kappa shape index (κ1) is 13.3. The first-order chi connectivity index (χ1) is 9.65. The van der Waals surface area contributed by atoms with Gasteiger partial charge in [-0.1, -0.05) is 24.3 Å². The van der Waals surface area contributed by atoms with Gasteiger partial charge in [0.1, 0.15) is 0 Å². The van der Waals surface area contributed by atoms with E-state index < -0.39 is 11.0 Å². The number of carbonyl (C=O) groups excluding carboxylic acids is 1. The third-order valence-electron chi connectivity index (χ3n) is 2.41. The van der Waals surface area contributed by atoms with Crippen LogP contribution in [0.25, 0.3) is 0 Å². The van der Waals surface area contributed by atoms with E-state index in [9.17, 15) is 14.9 Å². The molecule has 0 aliphatic heterocycles. The van der Waals surface area contributed by atoms with Crippen LogP contribution in [0.3, 0.4) is 0 Å². The van der Waals surface area contributed by atoms with Gasteiger partial charge < -0.3 is 5.32 Å². The zero-order chi connectivity index (χ0) is 14.4. The number of nitro groups is 1. The second kappa shape index (κ2) is 6.19. The molecule has 2 aromatic carbocycles. The van der Waals surface area contributed by atoms with Crippen molar-refractivity contribution in [2.45, 2.75) is 0 Å². The number of nitrogens with zero attached hydrogens (tertiary/aromatic N) is 1. The van der Waals surface area contributed by atoms with E-state index in [1.165, 1.54) is 18.2 Å². The number of nitrogens with one attached hydrogen (secondary N) is 3. The van der Waals surface area contributed by atoms with Crippen LogP contribution >= 0.6 is 0 Å². The standard InChI is InChI=1S/C13H12N4O3/c18-13(16-15-10-5-2-1-3-6-10)14-11-7-4-8-12(9-11)17(19)20/h1-9,15H,(H2,14,16,18). The fourth-order valence-corrected chi connectivity index (χ4v) is 1.51. The number of para-hydroxylation sites is 1. The summed E-state index contributed by atoms with van der Waals surface area (Å²) in [5.74, 6) is 0. The van der Waals surface area contributed by atoms with E-state index >= 15 is 0 Å². The van der Waals surface area contributed by atoms with Crippen molar-refractivity contribution in [3.63, 3.8) is 0 Å². The van der Waals surface area contributed by atoms with Crippen molar-refractivity contribution in [3.8, 4) is 0 Å². The number of nitro benzene ring substituents is 1. The van der Waals surface area contributed by atoms with E-state index in [1.54, 1.807) is 18.2 Å². The van der Waals surface area contributed by atoms with Crippen molar-refractivity contribution in [3.05, 3.63) is 64.7 Å². The number of amides is 2. The van der Waals surface area contributed by atoms with Crippen molar-refractivity contribution < 1.29 is 9.72 Å². The van der Waals surface area contributed by atoms with Crippen molar-refractivity contribution in [2.75, 3.05) is 10.7 Å². The van der Waals surface area contributed by atoms with E-state index in [1.807, 2.05) is 18.2 Å². The number of anilines is 2. The van der Waals surface area contributed by atoms with Crippen LogP contribution in [-0.2, 0) is 0 Å². The first-order valence-corrected chi connectivity index (χ1v) is 5.77. The number of carbonyl (C=O) groups is 1. The second-order valence-corrected chi connectivity index (χ2v) is 3.88. The number of rotatable bonds is 4. The predicted octanol–water partition coefficient (Wildman–Crippen LogP) is 2.74. The molecule has 2 amide bonds. The molecule has 0 radical (unpaired) electrons. The lowest BCUT2D eigenvalue weighted by Crippen LogP contribution is -2.33. The van der Waals surface area contributed by atoms with Gasteiger partial charge in [-0.05, 0) is 18.2 Å². The number of benzene rings is 2. The smallest absolute Gasteiger partial charge is 0.306 e. The van der Waals surface area contributed by atoms with Crippen molar-refractivity contribution in [2.24, 2.45) is 0 Å². The molecule has 102 valence electrons. The van der Waals surface area contributed by atoms with E-state index in [4.69, 9.17) is 0 Å². The highest BCUT2D eigenvalue weighted by atomic mass is 16.6. The molecule has 0 heterocycles. The molecule has 2 rings (SSSR count). The summed E-state index contributed by atoms with van der Waals surface area (Å²) in [6.07, 6.45) is 0. The lowest BCUT2D eigenvalue weighted by molar-refractivity contribution is -0.384. The molecule has 0 aromatic heterocycles. The minimum absolute atomic E-state index is 0.0844. The van der Waals surface area contributed by atoms with Gasteiger partial charge in [0.05, 0.1) is 10.6 Å². The lowest BCUT2D eigenvalue weighted by Gasteiger charge is -2.09. The molecule has 3 N–H and O–H groups in total. The summed E-state index contributed by atoms with van der Waals surface area (Å²) in [6.45, 7) is 0. The number of hydrazine groups is 1. The molecule has 0 bridgehead atoms. The highest BCUT2D eigenvalue weighted by Gasteiger charge is 2.07. The van der Waals surface area contributed by atoms with Crippen molar-refractivity contribution in [1.29, 1.82) is 0 Å². The monoisotopic (exact) mass is 272 g/mol. The molecule has 0 atom stereocenters. The summed E-state index contributed by atoms with van der Waals surface area (Å²) in [4.78, 5) is 21.7. The zero-order valence-electron chi connectivity index (χ0n) is 10.4. The molecule has 0 unspecified atom stereocenters. The van der Waals surface area contributed by atoms with Crippen molar-refractivity contribution >= 4 is 23.1 Å². The van der Waals surface area contributed by atoms with Gasteiger partial charge in [0, 0.05) is 17.8 Å². The maximum Gasteiger partial charge on any atom is 0.337 e. The van der Waals surface area contributed by atoms with Gasteiger partial charge in [-0.3, -0.25) is 21.0 Å². The average Bonchev–Trinajstić information content (AvgIpc) is 2.46. The molecule has 2 aromatic rings. The van der Waals surface area contributed by atoms with E-state index in [0.29, 0.717) is 5.69 Å². The van der Waals surface area contributed by atoms with Crippen LogP contribution in [0.15, 0.2) is 54.6 Å². The third kappa shape index (κ3) is 3.70. The van der Waals surface area contributed by atoms with Gasteiger partial charge in [-0.25, -0.2) is 4.79 Å². The average molecular weight is 272 g/mol. The van der Waals surface area contributed by atoms with E-state index in [2.05, 4.69) is 16.2 Å². The largest absolute Gasteiger partial charge is 0.337 e. The lowest BCUT2D eigenvalue weighted by atomic mass is 10.3. The Kier molecular flexibility index (Phi) is 4.13. The summed E-state index contributed by atoms with van der Waals surface area (Å²) in [7, 11) is 0. The molecule has 0 saturated heterocycles. The Balaban J connectivity index is 1.91. The molecular formula is C13H12N4O3. The van der Waals surface area contributed by atoms with Crippen LogP contribution < -0.4 is 16.2 Å². The topological polar surface area (TPSA) is 96.3 Å². The summed E-state index contributed by atoms with van der Waals surface area (Å²) < 4.78 is 0. The highest BCUT2D eigenvalue weighted by molar-refractivity contribution is 5.90. The summed E-state index contributed by atoms with van der Waals surface area (Å²) >= 11 is 0. The van der Waals surface area contributed by atoms with Crippen LogP contribution in [0.2, 0.25) is 0 Å². The molecular weight excluding hydrogens is 260 g/mol. The van der Waals surface area contributed by atoms with Crippen LogP contribution in [0.4, 0.5) is 21.9 Å². The van der Waals surface area contributed by atoms with Gasteiger partial charge in [0.25, 0.3) is 5.69 Å². The van der Waals surface area contributed by atoms with Gasteiger partial charge >= 0.3 is 6.03 Å². The molecule has 7 heteroatoms. The fraction of sp³-hybridized carbons (Fsp3) is 0. The number of non-ortho nitro benzene ring substituents is 1. The number of urea groups is 1. The van der Waals surface area contributed by atoms with Gasteiger partial charge in [0.15, 0.2) is 0 Å². The van der Waals surface area contributed by atoms with E-state index in [-0.39, 0.29) is 5.69 Å². The van der Waals surface area contributed by atoms with Crippen LogP contribution in [0.5, 0.6) is 0 Å². The molecule has 0 aliphatic rings. The predicted molar refractivity (Wildman–Crippen MR) is 75.3 cm³/mol. The molecule has 20 heavy (non-hydrogen) atoms. The molecule has 0 fully saturated rings. The Morgan fingerprint density at radius 1 is 1.00 bits per heavy atom. The van der Waals surface area contributed by atoms with Crippen molar-refractivity contribution in [1.82, 2.24) is 5.43 Å². The highest BCUT2D eigenvalue weighted by Crippen LogP contribution is 2.16. The minimum Gasteiger partial charge on any atom is -0.306 e.